The van der Waals surface area contributed by atoms with Crippen molar-refractivity contribution < 1.29 is 14.3 Å². The van der Waals surface area contributed by atoms with Crippen molar-refractivity contribution in [3.05, 3.63) is 64.6 Å². The van der Waals surface area contributed by atoms with E-state index in [-0.39, 0.29) is 18.4 Å². The number of carbonyl (C=O) groups is 2. The molecule has 2 rings (SSSR count). The minimum absolute atomic E-state index is 0.0623. The Morgan fingerprint density at radius 2 is 1.96 bits per heavy atom. The number of halogens is 1. The van der Waals surface area contributed by atoms with E-state index in [0.29, 0.717) is 18.0 Å². The SMILES string of the molecule is CCNC(=O)COc1cccc(NC(=O)/C=C/c2ccccc2Br)c1. The van der Waals surface area contributed by atoms with E-state index in [0.717, 1.165) is 10.0 Å². The van der Waals surface area contributed by atoms with Gasteiger partial charge in [-0.05, 0) is 36.8 Å². The van der Waals surface area contributed by atoms with Crippen LogP contribution in [0.2, 0.25) is 0 Å². The fourth-order valence-electron chi connectivity index (χ4n) is 2.02. The molecule has 0 aliphatic rings. The third-order valence-corrected chi connectivity index (χ3v) is 3.89. The van der Waals surface area contributed by atoms with Crippen molar-refractivity contribution in [3.63, 3.8) is 0 Å². The second-order valence-corrected chi connectivity index (χ2v) is 5.97. The van der Waals surface area contributed by atoms with Gasteiger partial charge in [-0.3, -0.25) is 9.59 Å². The maximum Gasteiger partial charge on any atom is 0.257 e. The normalized spacial score (nSPS) is 10.5. The van der Waals surface area contributed by atoms with Crippen molar-refractivity contribution in [3.8, 4) is 5.75 Å². The zero-order valence-corrected chi connectivity index (χ0v) is 15.4. The highest BCUT2D eigenvalue weighted by molar-refractivity contribution is 9.10. The van der Waals surface area contributed by atoms with Gasteiger partial charge in [0.15, 0.2) is 6.61 Å². The number of hydrogen-bond donors (Lipinski definition) is 2. The standard InChI is InChI=1S/C19H19BrN2O3/c1-2-21-19(24)13-25-16-8-5-7-15(12-16)22-18(23)11-10-14-6-3-4-9-17(14)20/h3-12H,2,13H2,1H3,(H,21,24)(H,22,23)/b11-10+. The Labute approximate surface area is 155 Å². The first-order chi connectivity index (χ1) is 12.1. The molecule has 0 aliphatic heterocycles. The zero-order valence-electron chi connectivity index (χ0n) is 13.8. The quantitative estimate of drug-likeness (QED) is 0.694. The van der Waals surface area contributed by atoms with Crippen molar-refractivity contribution in [2.45, 2.75) is 6.92 Å². The fourth-order valence-corrected chi connectivity index (χ4v) is 2.44. The molecule has 2 amide bonds. The molecule has 5 nitrogen and oxygen atoms in total. The highest BCUT2D eigenvalue weighted by Crippen LogP contribution is 2.19. The predicted octanol–water partition coefficient (Wildman–Crippen LogP) is 3.62. The molecule has 0 saturated heterocycles. The molecule has 2 aromatic carbocycles. The minimum atomic E-state index is -0.253. The lowest BCUT2D eigenvalue weighted by Crippen LogP contribution is -2.28. The van der Waals surface area contributed by atoms with Crippen LogP contribution in [0.1, 0.15) is 12.5 Å². The predicted molar refractivity (Wildman–Crippen MR) is 102 cm³/mol. The number of rotatable bonds is 7. The number of nitrogens with one attached hydrogen (secondary N) is 2. The van der Waals surface area contributed by atoms with E-state index in [2.05, 4.69) is 26.6 Å². The number of hydrogen-bond acceptors (Lipinski definition) is 3. The Morgan fingerprint density at radius 1 is 1.16 bits per heavy atom. The molecule has 0 radical (unpaired) electrons. The van der Waals surface area contributed by atoms with E-state index >= 15 is 0 Å². The molecular formula is C19H19BrN2O3. The number of carbonyl (C=O) groups excluding carboxylic acids is 2. The maximum absolute atomic E-state index is 12.0. The third-order valence-electron chi connectivity index (χ3n) is 3.16. The van der Waals surface area contributed by atoms with Crippen LogP contribution >= 0.6 is 15.9 Å². The molecule has 0 fully saturated rings. The van der Waals surface area contributed by atoms with Gasteiger partial charge >= 0.3 is 0 Å². The molecule has 0 spiro atoms. The molecule has 0 aliphatic carbocycles. The number of anilines is 1. The Hall–Kier alpha value is -2.60. The smallest absolute Gasteiger partial charge is 0.257 e. The molecule has 0 unspecified atom stereocenters. The van der Waals surface area contributed by atoms with Gasteiger partial charge in [-0.15, -0.1) is 0 Å². The Kier molecular flexibility index (Phi) is 7.22. The highest BCUT2D eigenvalue weighted by Gasteiger charge is 2.03. The van der Waals surface area contributed by atoms with Gasteiger partial charge in [0.05, 0.1) is 0 Å². The van der Waals surface area contributed by atoms with Gasteiger partial charge < -0.3 is 15.4 Å². The zero-order chi connectivity index (χ0) is 18.1. The minimum Gasteiger partial charge on any atom is -0.484 e. The molecule has 2 N–H and O–H groups in total. The largest absolute Gasteiger partial charge is 0.484 e. The third kappa shape index (κ3) is 6.43. The summed E-state index contributed by atoms with van der Waals surface area (Å²) in [5.41, 5.74) is 1.51. The van der Waals surface area contributed by atoms with Crippen molar-refractivity contribution in [2.75, 3.05) is 18.5 Å². The second-order valence-electron chi connectivity index (χ2n) is 5.11. The maximum atomic E-state index is 12.0. The van der Waals surface area contributed by atoms with E-state index in [4.69, 9.17) is 4.74 Å². The van der Waals surface area contributed by atoms with Gasteiger partial charge in [0.25, 0.3) is 5.91 Å². The summed E-state index contributed by atoms with van der Waals surface area (Å²) in [5.74, 6) is 0.0729. The Balaban J connectivity index is 1.93. The summed E-state index contributed by atoms with van der Waals surface area (Å²) in [6, 6.07) is 14.5. The van der Waals surface area contributed by atoms with Gasteiger partial charge in [0, 0.05) is 28.8 Å². The topological polar surface area (TPSA) is 67.4 Å². The van der Waals surface area contributed by atoms with Crippen molar-refractivity contribution in [1.82, 2.24) is 5.32 Å². The van der Waals surface area contributed by atoms with Crippen molar-refractivity contribution in [1.29, 1.82) is 0 Å². The van der Waals surface area contributed by atoms with E-state index in [9.17, 15) is 9.59 Å². The average Bonchev–Trinajstić information content (AvgIpc) is 2.60. The molecule has 0 heterocycles. The van der Waals surface area contributed by atoms with Crippen LogP contribution in [0.25, 0.3) is 6.08 Å². The molecule has 0 saturated carbocycles. The molecule has 6 heteroatoms. The summed E-state index contributed by atoms with van der Waals surface area (Å²) in [5, 5.41) is 5.42. The van der Waals surface area contributed by atoms with Gasteiger partial charge in [0.1, 0.15) is 5.75 Å². The summed E-state index contributed by atoms with van der Waals surface area (Å²) in [6.07, 6.45) is 3.19. The average molecular weight is 403 g/mol. The number of ether oxygens (including phenoxy) is 1. The summed E-state index contributed by atoms with van der Waals surface area (Å²) in [4.78, 5) is 23.4. The molecule has 0 aromatic heterocycles. The van der Waals surface area contributed by atoms with Crippen LogP contribution in [-0.4, -0.2) is 25.0 Å². The second kappa shape index (κ2) is 9.64. The van der Waals surface area contributed by atoms with Crippen molar-refractivity contribution in [2.24, 2.45) is 0 Å². The van der Waals surface area contributed by atoms with E-state index < -0.39 is 0 Å². The van der Waals surface area contributed by atoms with Crippen LogP contribution in [0.15, 0.2) is 59.1 Å². The first-order valence-corrected chi connectivity index (χ1v) is 8.61. The molecule has 0 bridgehead atoms. The summed E-state index contributed by atoms with van der Waals surface area (Å²) < 4.78 is 6.32. The van der Waals surface area contributed by atoms with Crippen LogP contribution in [-0.2, 0) is 9.59 Å². The van der Waals surface area contributed by atoms with Crippen LogP contribution < -0.4 is 15.4 Å². The lowest BCUT2D eigenvalue weighted by molar-refractivity contribution is -0.123. The highest BCUT2D eigenvalue weighted by atomic mass is 79.9. The number of amides is 2. The molecular weight excluding hydrogens is 384 g/mol. The fraction of sp³-hybridized carbons (Fsp3) is 0.158. The molecule has 25 heavy (non-hydrogen) atoms. The van der Waals surface area contributed by atoms with Crippen LogP contribution in [0.4, 0.5) is 5.69 Å². The monoisotopic (exact) mass is 402 g/mol. The first-order valence-electron chi connectivity index (χ1n) is 7.81. The van der Waals surface area contributed by atoms with Crippen LogP contribution in [0.3, 0.4) is 0 Å². The van der Waals surface area contributed by atoms with Crippen molar-refractivity contribution >= 4 is 39.5 Å². The van der Waals surface area contributed by atoms with Crippen LogP contribution in [0.5, 0.6) is 5.75 Å². The van der Waals surface area contributed by atoms with E-state index in [1.165, 1.54) is 6.08 Å². The van der Waals surface area contributed by atoms with E-state index in [1.807, 2.05) is 31.2 Å². The Bertz CT molecular complexity index is 775. The molecule has 130 valence electrons. The van der Waals surface area contributed by atoms with E-state index in [1.54, 1.807) is 30.3 Å². The van der Waals surface area contributed by atoms with Gasteiger partial charge in [-0.25, -0.2) is 0 Å². The molecule has 2 aromatic rings. The number of benzene rings is 2. The first kappa shape index (κ1) is 18.7. The summed E-state index contributed by atoms with van der Waals surface area (Å²) in [7, 11) is 0. The van der Waals surface area contributed by atoms with Gasteiger partial charge in [-0.2, -0.15) is 0 Å². The lowest BCUT2D eigenvalue weighted by Gasteiger charge is -2.08. The van der Waals surface area contributed by atoms with Gasteiger partial charge in [-0.1, -0.05) is 40.2 Å². The lowest BCUT2D eigenvalue weighted by atomic mass is 10.2. The van der Waals surface area contributed by atoms with Gasteiger partial charge in [0.2, 0.25) is 5.91 Å². The summed E-state index contributed by atoms with van der Waals surface area (Å²) >= 11 is 3.43. The Morgan fingerprint density at radius 3 is 2.72 bits per heavy atom. The number of likely N-dealkylation sites (N-methyl/N-ethyl adjacent to an activating group) is 1. The summed E-state index contributed by atoms with van der Waals surface area (Å²) in [6.45, 7) is 2.34. The van der Waals surface area contributed by atoms with Crippen LogP contribution in [0, 0.1) is 0 Å². The molecule has 0 atom stereocenters.